The molecule has 164 valence electrons. The Hall–Kier alpha value is -1.45. The zero-order valence-electron chi connectivity index (χ0n) is 16.4. The van der Waals surface area contributed by atoms with E-state index in [-0.39, 0.29) is 28.6 Å². The van der Waals surface area contributed by atoms with Gasteiger partial charge in [0.15, 0.2) is 0 Å². The van der Waals surface area contributed by atoms with Crippen LogP contribution in [0.25, 0.3) is 0 Å². The Balaban J connectivity index is 1.61. The number of ether oxygens (including phenoxy) is 3. The molecule has 3 unspecified atom stereocenters. The molecule has 0 aromatic heterocycles. The Kier molecular flexibility index (Phi) is 8.30. The van der Waals surface area contributed by atoms with Gasteiger partial charge in [-0.3, -0.25) is 0 Å². The number of methoxy groups -OCH3 is 1. The van der Waals surface area contributed by atoms with Crippen molar-refractivity contribution in [1.29, 1.82) is 0 Å². The fraction of sp³-hybridized carbons (Fsp3) is 0.476. The van der Waals surface area contributed by atoms with Gasteiger partial charge in [-0.05, 0) is 36.1 Å². The van der Waals surface area contributed by atoms with E-state index in [1.807, 2.05) is 0 Å². The number of benzene rings is 1. The second-order valence-corrected chi connectivity index (χ2v) is 8.58. The summed E-state index contributed by atoms with van der Waals surface area (Å²) in [5.74, 6) is -2.83. The fourth-order valence-corrected chi connectivity index (χ4v) is 4.81. The van der Waals surface area contributed by atoms with Crippen molar-refractivity contribution >= 4 is 29.3 Å². The molecule has 5 nitrogen and oxygen atoms in total. The van der Waals surface area contributed by atoms with Crippen molar-refractivity contribution in [3.63, 3.8) is 0 Å². The third-order valence-electron chi connectivity index (χ3n) is 4.88. The lowest BCUT2D eigenvalue weighted by molar-refractivity contribution is -0.132. The third kappa shape index (κ3) is 5.62. The molecule has 0 radical (unpaired) electrons. The summed E-state index contributed by atoms with van der Waals surface area (Å²) in [6.07, 6.45) is 1.94. The molecule has 1 aliphatic carbocycles. The predicted octanol–water partition coefficient (Wildman–Crippen LogP) is 4.93. The fourth-order valence-electron chi connectivity index (χ4n) is 3.38. The Morgan fingerprint density at radius 3 is 2.77 bits per heavy atom. The third-order valence-corrected chi connectivity index (χ3v) is 6.50. The maximum Gasteiger partial charge on any atom is 0.339 e. The van der Waals surface area contributed by atoms with Crippen molar-refractivity contribution in [2.45, 2.75) is 30.3 Å². The normalized spacial score (nSPS) is 24.7. The van der Waals surface area contributed by atoms with Crippen molar-refractivity contribution in [2.24, 2.45) is 0 Å². The van der Waals surface area contributed by atoms with Crippen LogP contribution in [0, 0.1) is 5.82 Å². The van der Waals surface area contributed by atoms with Gasteiger partial charge < -0.3 is 19.3 Å². The highest BCUT2D eigenvalue weighted by molar-refractivity contribution is 7.99. The van der Waals surface area contributed by atoms with E-state index in [0.29, 0.717) is 25.4 Å². The van der Waals surface area contributed by atoms with Crippen LogP contribution in [0.4, 0.5) is 8.78 Å². The molecule has 30 heavy (non-hydrogen) atoms. The van der Waals surface area contributed by atoms with Crippen LogP contribution in [0.3, 0.4) is 0 Å². The quantitative estimate of drug-likeness (QED) is 0.555. The average Bonchev–Trinajstić information content (AvgIpc) is 2.71. The first-order chi connectivity index (χ1) is 14.4. The number of allylic oxidation sites excluding steroid dienone is 2. The second kappa shape index (κ2) is 10.7. The summed E-state index contributed by atoms with van der Waals surface area (Å²) in [4.78, 5) is 11.1. The van der Waals surface area contributed by atoms with Crippen LogP contribution in [0.15, 0.2) is 40.7 Å². The molecule has 1 saturated heterocycles. The highest BCUT2D eigenvalue weighted by atomic mass is 35.5. The van der Waals surface area contributed by atoms with Crippen molar-refractivity contribution in [1.82, 2.24) is 0 Å². The van der Waals surface area contributed by atoms with E-state index in [9.17, 15) is 13.6 Å². The molecule has 1 aliphatic heterocycles. The molecule has 1 N–H and O–H groups in total. The van der Waals surface area contributed by atoms with E-state index in [4.69, 9.17) is 30.9 Å². The summed E-state index contributed by atoms with van der Waals surface area (Å²) in [6.45, 7) is 1.67. The molecule has 9 heteroatoms. The van der Waals surface area contributed by atoms with Crippen LogP contribution in [-0.2, 0) is 19.0 Å². The number of carboxylic acids is 1. The number of carboxylic acid groups (broad SMARTS) is 1. The second-order valence-electron chi connectivity index (χ2n) is 7.03. The largest absolute Gasteiger partial charge is 0.478 e. The topological polar surface area (TPSA) is 65.0 Å². The minimum absolute atomic E-state index is 0.0139. The van der Waals surface area contributed by atoms with E-state index < -0.39 is 29.1 Å². The number of thioether (sulfide) groups is 1. The molecule has 3 atom stereocenters. The van der Waals surface area contributed by atoms with E-state index >= 15 is 0 Å². The van der Waals surface area contributed by atoms with E-state index in [2.05, 4.69) is 0 Å². The number of hydrogen-bond acceptors (Lipinski definition) is 5. The van der Waals surface area contributed by atoms with Gasteiger partial charge in [-0.2, -0.15) is 0 Å². The number of rotatable bonds is 8. The minimum atomic E-state index is -1.43. The maximum atomic E-state index is 14.8. The van der Waals surface area contributed by atoms with Gasteiger partial charge in [-0.1, -0.05) is 23.7 Å². The summed E-state index contributed by atoms with van der Waals surface area (Å²) in [7, 11) is 1.65. The van der Waals surface area contributed by atoms with Crippen molar-refractivity contribution in [3.8, 4) is 0 Å². The minimum Gasteiger partial charge on any atom is -0.478 e. The van der Waals surface area contributed by atoms with Crippen LogP contribution in [-0.4, -0.2) is 49.9 Å². The van der Waals surface area contributed by atoms with Crippen molar-refractivity contribution in [2.75, 3.05) is 32.7 Å². The summed E-state index contributed by atoms with van der Waals surface area (Å²) in [6, 6.07) is 4.70. The van der Waals surface area contributed by atoms with Gasteiger partial charge in [0.1, 0.15) is 22.7 Å². The van der Waals surface area contributed by atoms with E-state index in [1.165, 1.54) is 17.8 Å². The van der Waals surface area contributed by atoms with Crippen LogP contribution in [0.1, 0.15) is 35.3 Å². The molecule has 0 amide bonds. The van der Waals surface area contributed by atoms with Crippen molar-refractivity contribution in [3.05, 3.63) is 57.7 Å². The highest BCUT2D eigenvalue weighted by Gasteiger charge is 2.29. The zero-order valence-corrected chi connectivity index (χ0v) is 18.0. The molecule has 0 bridgehead atoms. The van der Waals surface area contributed by atoms with Crippen LogP contribution in [0.2, 0.25) is 0 Å². The SMILES string of the molecule is COCCCOC1COC(c2ccc(C3C=C(F)C(C(=O)O)=C(Cl)C3)c(F)c2)SC1. The van der Waals surface area contributed by atoms with Gasteiger partial charge in [-0.25, -0.2) is 13.6 Å². The van der Waals surface area contributed by atoms with Gasteiger partial charge in [0.05, 0.1) is 12.7 Å². The Labute approximate surface area is 183 Å². The van der Waals surface area contributed by atoms with Gasteiger partial charge >= 0.3 is 5.97 Å². The van der Waals surface area contributed by atoms with E-state index in [1.54, 1.807) is 19.2 Å². The lowest BCUT2D eigenvalue weighted by Crippen LogP contribution is -2.29. The van der Waals surface area contributed by atoms with Crippen LogP contribution >= 0.6 is 23.4 Å². The summed E-state index contributed by atoms with van der Waals surface area (Å²) < 4.78 is 45.5. The van der Waals surface area contributed by atoms with Gasteiger partial charge in [0.25, 0.3) is 0 Å². The lowest BCUT2D eigenvalue weighted by atomic mass is 9.88. The first-order valence-electron chi connectivity index (χ1n) is 9.53. The number of aliphatic carboxylic acids is 1. The standard InChI is InChI=1S/C21H23ClF2O5S/c1-27-5-2-6-28-14-10-29-21(30-11-14)12-3-4-15(17(23)8-12)13-7-16(22)19(20(25)26)18(24)9-13/h3-4,8-9,13-14,21H,2,5-7,10-11H2,1H3,(H,25,26). The van der Waals surface area contributed by atoms with Crippen LogP contribution < -0.4 is 0 Å². The monoisotopic (exact) mass is 460 g/mol. The van der Waals surface area contributed by atoms with Gasteiger partial charge in [-0.15, -0.1) is 11.8 Å². The van der Waals surface area contributed by atoms with Crippen LogP contribution in [0.5, 0.6) is 0 Å². The first-order valence-corrected chi connectivity index (χ1v) is 11.0. The Morgan fingerprint density at radius 2 is 2.17 bits per heavy atom. The highest BCUT2D eigenvalue weighted by Crippen LogP contribution is 2.40. The number of carbonyl (C=O) groups is 1. The summed E-state index contributed by atoms with van der Waals surface area (Å²) in [5.41, 5.74) is 0.0629. The Morgan fingerprint density at radius 1 is 1.37 bits per heavy atom. The number of hydrogen-bond donors (Lipinski definition) is 1. The smallest absolute Gasteiger partial charge is 0.339 e. The zero-order chi connectivity index (χ0) is 21.7. The average molecular weight is 461 g/mol. The molecule has 1 aromatic rings. The summed E-state index contributed by atoms with van der Waals surface area (Å²) >= 11 is 7.47. The first kappa shape index (κ1) is 23.2. The molecule has 3 rings (SSSR count). The van der Waals surface area contributed by atoms with E-state index in [0.717, 1.165) is 18.2 Å². The molecule has 0 spiro atoms. The maximum absolute atomic E-state index is 14.8. The Bertz CT molecular complexity index is 837. The molecule has 2 aliphatic rings. The lowest BCUT2D eigenvalue weighted by Gasteiger charge is -2.29. The molecule has 1 fully saturated rings. The van der Waals surface area contributed by atoms with Gasteiger partial charge in [0, 0.05) is 37.0 Å². The molecular formula is C21H23ClF2O5S. The number of halogens is 3. The summed E-state index contributed by atoms with van der Waals surface area (Å²) in [5, 5.41) is 8.91. The molecule has 0 saturated carbocycles. The predicted molar refractivity (Wildman–Crippen MR) is 111 cm³/mol. The molecular weight excluding hydrogens is 438 g/mol. The van der Waals surface area contributed by atoms with Gasteiger partial charge in [0.2, 0.25) is 0 Å². The molecule has 1 heterocycles. The van der Waals surface area contributed by atoms with Crippen molar-refractivity contribution < 1.29 is 32.9 Å². The molecule has 1 aromatic carbocycles.